The average molecular weight is 357 g/mol. The topological polar surface area (TPSA) is 12.0 Å². The van der Waals surface area contributed by atoms with Gasteiger partial charge < -0.3 is 5.32 Å². The Balaban J connectivity index is 1.91. The summed E-state index contributed by atoms with van der Waals surface area (Å²) in [5, 5.41) is 4.21. The van der Waals surface area contributed by atoms with Gasteiger partial charge in [-0.25, -0.2) is 0 Å². The van der Waals surface area contributed by atoms with E-state index in [9.17, 15) is 0 Å². The van der Waals surface area contributed by atoms with Gasteiger partial charge in [0.25, 0.3) is 0 Å². The first kappa shape index (κ1) is 13.6. The SMILES string of the molecule is CNC(c1ccc(-c2ccc(Cl)cc2Br)s1)C1CC1. The molecule has 0 spiro atoms. The second-order valence-electron chi connectivity index (χ2n) is 4.93. The first-order valence-electron chi connectivity index (χ1n) is 6.41. The molecule has 1 atom stereocenters. The molecule has 1 saturated carbocycles. The molecule has 0 amide bonds. The lowest BCUT2D eigenvalue weighted by atomic mass is 10.1. The van der Waals surface area contributed by atoms with Crippen molar-refractivity contribution >= 4 is 38.9 Å². The molecule has 1 aliphatic rings. The smallest absolute Gasteiger partial charge is 0.0441 e. The van der Waals surface area contributed by atoms with Gasteiger partial charge in [-0.1, -0.05) is 33.6 Å². The number of rotatable bonds is 4. The second-order valence-corrected chi connectivity index (χ2v) is 7.34. The fourth-order valence-electron chi connectivity index (χ4n) is 2.39. The zero-order valence-corrected chi connectivity index (χ0v) is 13.8. The van der Waals surface area contributed by atoms with Crippen LogP contribution in [0.1, 0.15) is 23.8 Å². The zero-order chi connectivity index (χ0) is 13.4. The molecule has 19 heavy (non-hydrogen) atoms. The maximum atomic E-state index is 6.00. The lowest BCUT2D eigenvalue weighted by molar-refractivity contribution is 0.537. The molecule has 1 aromatic carbocycles. The predicted molar refractivity (Wildman–Crippen MR) is 87.0 cm³/mol. The Kier molecular flexibility index (Phi) is 3.99. The van der Waals surface area contributed by atoms with Crippen molar-refractivity contribution in [1.82, 2.24) is 5.32 Å². The number of benzene rings is 1. The molecule has 4 heteroatoms. The Hall–Kier alpha value is -0.350. The van der Waals surface area contributed by atoms with Crippen LogP contribution >= 0.6 is 38.9 Å². The van der Waals surface area contributed by atoms with Gasteiger partial charge in [-0.15, -0.1) is 11.3 Å². The normalized spacial score (nSPS) is 16.6. The van der Waals surface area contributed by atoms with Crippen LogP contribution < -0.4 is 5.32 Å². The highest BCUT2D eigenvalue weighted by atomic mass is 79.9. The van der Waals surface area contributed by atoms with Gasteiger partial charge >= 0.3 is 0 Å². The highest BCUT2D eigenvalue weighted by Gasteiger charge is 2.32. The molecule has 0 saturated heterocycles. The van der Waals surface area contributed by atoms with Gasteiger partial charge in [-0.05, 0) is 50.1 Å². The highest BCUT2D eigenvalue weighted by Crippen LogP contribution is 2.44. The third-order valence-corrected chi connectivity index (χ3v) is 5.63. The monoisotopic (exact) mass is 355 g/mol. The molecule has 1 nitrogen and oxygen atoms in total. The Morgan fingerprint density at radius 1 is 1.32 bits per heavy atom. The summed E-state index contributed by atoms with van der Waals surface area (Å²) in [6, 6.07) is 10.9. The van der Waals surface area contributed by atoms with Crippen molar-refractivity contribution < 1.29 is 0 Å². The second kappa shape index (κ2) is 5.57. The maximum Gasteiger partial charge on any atom is 0.0441 e. The lowest BCUT2D eigenvalue weighted by Gasteiger charge is -2.12. The van der Waals surface area contributed by atoms with Crippen LogP contribution in [0.15, 0.2) is 34.8 Å². The van der Waals surface area contributed by atoms with Crippen LogP contribution in [0, 0.1) is 5.92 Å². The molecule has 100 valence electrons. The van der Waals surface area contributed by atoms with E-state index in [-0.39, 0.29) is 0 Å². The van der Waals surface area contributed by atoms with E-state index in [1.165, 1.54) is 28.2 Å². The summed E-state index contributed by atoms with van der Waals surface area (Å²) in [7, 11) is 2.06. The van der Waals surface area contributed by atoms with Gasteiger partial charge in [-0.3, -0.25) is 0 Å². The molecule has 0 radical (unpaired) electrons. The van der Waals surface area contributed by atoms with Crippen LogP contribution in [0.2, 0.25) is 5.02 Å². The fourth-order valence-corrected chi connectivity index (χ4v) is 4.67. The van der Waals surface area contributed by atoms with Crippen LogP contribution in [0.4, 0.5) is 0 Å². The van der Waals surface area contributed by atoms with Gasteiger partial charge in [0.05, 0.1) is 0 Å². The van der Waals surface area contributed by atoms with Crippen molar-refractivity contribution in [1.29, 1.82) is 0 Å². The molecule has 1 N–H and O–H groups in total. The van der Waals surface area contributed by atoms with Crippen LogP contribution in [0.25, 0.3) is 10.4 Å². The Morgan fingerprint density at radius 2 is 2.11 bits per heavy atom. The van der Waals surface area contributed by atoms with E-state index in [4.69, 9.17) is 11.6 Å². The molecule has 1 aromatic heterocycles. The van der Waals surface area contributed by atoms with Crippen molar-refractivity contribution in [2.24, 2.45) is 5.92 Å². The largest absolute Gasteiger partial charge is 0.312 e. The Labute approximate surface area is 131 Å². The summed E-state index contributed by atoms with van der Waals surface area (Å²) in [6.07, 6.45) is 2.70. The zero-order valence-electron chi connectivity index (χ0n) is 10.6. The van der Waals surface area contributed by atoms with E-state index in [0.29, 0.717) is 6.04 Å². The lowest BCUT2D eigenvalue weighted by Crippen LogP contribution is -2.16. The number of halogens is 2. The third kappa shape index (κ3) is 2.89. The summed E-state index contributed by atoms with van der Waals surface area (Å²) in [5.74, 6) is 0.824. The van der Waals surface area contributed by atoms with Crippen molar-refractivity contribution in [3.63, 3.8) is 0 Å². The average Bonchev–Trinajstić information content (AvgIpc) is 3.09. The van der Waals surface area contributed by atoms with Crippen LogP contribution in [0.3, 0.4) is 0 Å². The molecule has 3 rings (SSSR count). The summed E-state index contributed by atoms with van der Waals surface area (Å²) in [5.41, 5.74) is 1.21. The van der Waals surface area contributed by atoms with Gasteiger partial charge in [0.15, 0.2) is 0 Å². The molecule has 0 bridgehead atoms. The van der Waals surface area contributed by atoms with Gasteiger partial charge in [0.2, 0.25) is 0 Å². The minimum atomic E-state index is 0.518. The van der Waals surface area contributed by atoms with E-state index in [1.54, 1.807) is 0 Å². The molecule has 1 aliphatic carbocycles. The summed E-state index contributed by atoms with van der Waals surface area (Å²) in [4.78, 5) is 2.72. The van der Waals surface area contributed by atoms with Crippen molar-refractivity contribution in [3.05, 3.63) is 44.7 Å². The Bertz CT molecular complexity index is 592. The van der Waals surface area contributed by atoms with E-state index < -0.39 is 0 Å². The molecule has 2 aromatic rings. The van der Waals surface area contributed by atoms with Crippen molar-refractivity contribution in [2.45, 2.75) is 18.9 Å². The highest BCUT2D eigenvalue weighted by molar-refractivity contribution is 9.10. The minimum Gasteiger partial charge on any atom is -0.312 e. The summed E-state index contributed by atoms with van der Waals surface area (Å²) >= 11 is 11.5. The summed E-state index contributed by atoms with van der Waals surface area (Å²) < 4.78 is 1.06. The molecular weight excluding hydrogens is 342 g/mol. The number of thiophene rings is 1. The van der Waals surface area contributed by atoms with Crippen LogP contribution in [-0.4, -0.2) is 7.05 Å². The Morgan fingerprint density at radius 3 is 2.74 bits per heavy atom. The van der Waals surface area contributed by atoms with Crippen LogP contribution in [0.5, 0.6) is 0 Å². The maximum absolute atomic E-state index is 6.00. The van der Waals surface area contributed by atoms with Gasteiger partial charge in [0, 0.05) is 30.9 Å². The van der Waals surface area contributed by atoms with E-state index in [0.717, 1.165) is 15.4 Å². The van der Waals surface area contributed by atoms with Crippen molar-refractivity contribution in [2.75, 3.05) is 7.05 Å². The minimum absolute atomic E-state index is 0.518. The third-order valence-electron chi connectivity index (χ3n) is 3.53. The predicted octanol–water partition coefficient (Wildman–Crippen LogP) is 5.50. The number of hydrogen-bond donors (Lipinski definition) is 1. The first-order chi connectivity index (χ1) is 9.19. The molecular formula is C15H15BrClNS. The van der Waals surface area contributed by atoms with Gasteiger partial charge in [-0.2, -0.15) is 0 Å². The first-order valence-corrected chi connectivity index (χ1v) is 8.40. The molecule has 1 heterocycles. The standard InChI is InChI=1S/C15H15BrClNS/c1-18-15(9-2-3-9)14-7-6-13(19-14)11-5-4-10(17)8-12(11)16/h4-9,15,18H,2-3H2,1H3. The number of nitrogens with one attached hydrogen (secondary N) is 1. The molecule has 1 unspecified atom stereocenters. The molecule has 0 aliphatic heterocycles. The van der Waals surface area contributed by atoms with E-state index >= 15 is 0 Å². The van der Waals surface area contributed by atoms with E-state index in [1.807, 2.05) is 23.5 Å². The fraction of sp³-hybridized carbons (Fsp3) is 0.333. The van der Waals surface area contributed by atoms with Gasteiger partial charge in [0.1, 0.15) is 0 Å². The van der Waals surface area contributed by atoms with Crippen LogP contribution in [-0.2, 0) is 0 Å². The van der Waals surface area contributed by atoms with E-state index in [2.05, 4.69) is 46.5 Å². The number of hydrogen-bond acceptors (Lipinski definition) is 2. The van der Waals surface area contributed by atoms with Crippen molar-refractivity contribution in [3.8, 4) is 10.4 Å². The quantitative estimate of drug-likeness (QED) is 0.762. The summed E-state index contributed by atoms with van der Waals surface area (Å²) in [6.45, 7) is 0. The molecule has 1 fully saturated rings.